The summed E-state index contributed by atoms with van der Waals surface area (Å²) in [5, 5.41) is 8.69. The van der Waals surface area contributed by atoms with E-state index in [0.29, 0.717) is 17.8 Å². The van der Waals surface area contributed by atoms with E-state index in [2.05, 4.69) is 125 Å². The van der Waals surface area contributed by atoms with Gasteiger partial charge < -0.3 is 14.3 Å². The normalized spacial score (nSPS) is 22.3. The zero-order valence-corrected chi connectivity index (χ0v) is 23.2. The van der Waals surface area contributed by atoms with Gasteiger partial charge in [-0.1, -0.05) is 91.1 Å². The number of nitrogens with zero attached hydrogens (tertiary/aromatic N) is 1. The van der Waals surface area contributed by atoms with Crippen LogP contribution in [0.2, 0.25) is 0 Å². The molecule has 202 valence electrons. The van der Waals surface area contributed by atoms with Gasteiger partial charge in [-0.25, -0.2) is 0 Å². The number of para-hydroxylation sites is 2. The van der Waals surface area contributed by atoms with Crippen molar-refractivity contribution in [3.8, 4) is 0 Å². The number of aromatic nitrogens is 1. The molecule has 2 aromatic heterocycles. The molecule has 8 rings (SSSR count). The molecule has 3 aliphatic rings. The molecule has 3 unspecified atom stereocenters. The van der Waals surface area contributed by atoms with Crippen LogP contribution in [0, 0.1) is 17.8 Å². The van der Waals surface area contributed by atoms with Crippen molar-refractivity contribution in [2.75, 3.05) is 13.1 Å². The lowest BCUT2D eigenvalue weighted by atomic mass is 9.81. The quantitative estimate of drug-likeness (QED) is 0.235. The van der Waals surface area contributed by atoms with Crippen molar-refractivity contribution in [3.63, 3.8) is 0 Å². The maximum Gasteiger partial charge on any atom is 0.137 e. The lowest BCUT2D eigenvalue weighted by Gasteiger charge is -2.25. The summed E-state index contributed by atoms with van der Waals surface area (Å²) in [6, 6.07) is 21.7. The van der Waals surface area contributed by atoms with E-state index in [1.54, 1.807) is 0 Å². The van der Waals surface area contributed by atoms with Crippen molar-refractivity contribution in [1.29, 1.82) is 0 Å². The third-order valence-electron chi connectivity index (χ3n) is 9.07. The Bertz CT molecular complexity index is 1970. The molecule has 0 radical (unpaired) electrons. The molecule has 0 amide bonds. The van der Waals surface area contributed by atoms with Crippen molar-refractivity contribution in [1.82, 2.24) is 9.88 Å². The van der Waals surface area contributed by atoms with Gasteiger partial charge in [0.05, 0.1) is 11.0 Å². The maximum atomic E-state index is 6.30. The van der Waals surface area contributed by atoms with Crippen LogP contribution < -0.4 is 5.32 Å². The van der Waals surface area contributed by atoms with Crippen molar-refractivity contribution in [2.45, 2.75) is 19.3 Å². The van der Waals surface area contributed by atoms with Gasteiger partial charge in [-0.3, -0.25) is 0 Å². The Kier molecular flexibility index (Phi) is 6.11. The molecule has 0 saturated heterocycles. The highest BCUT2D eigenvalue weighted by atomic mass is 16.3. The molecular formula is C38H34N2O. The van der Waals surface area contributed by atoms with Gasteiger partial charge in [-0.2, -0.15) is 0 Å². The van der Waals surface area contributed by atoms with Crippen LogP contribution in [0.1, 0.15) is 19.3 Å². The summed E-state index contributed by atoms with van der Waals surface area (Å²) >= 11 is 0. The van der Waals surface area contributed by atoms with Crippen LogP contribution in [0.15, 0.2) is 131 Å². The van der Waals surface area contributed by atoms with Gasteiger partial charge in [-0.05, 0) is 66.9 Å². The number of hydrogen-bond acceptors (Lipinski definition) is 2. The predicted octanol–water partition coefficient (Wildman–Crippen LogP) is 9.34. The summed E-state index contributed by atoms with van der Waals surface area (Å²) in [6.45, 7) is 1.88. The van der Waals surface area contributed by atoms with Crippen LogP contribution >= 0.6 is 0 Å². The van der Waals surface area contributed by atoms with E-state index >= 15 is 0 Å². The van der Waals surface area contributed by atoms with Crippen molar-refractivity contribution < 1.29 is 4.42 Å². The highest BCUT2D eigenvalue weighted by molar-refractivity contribution is 6.17. The van der Waals surface area contributed by atoms with Gasteiger partial charge in [0.1, 0.15) is 11.2 Å². The summed E-state index contributed by atoms with van der Waals surface area (Å²) in [5.74, 6) is 1.67. The molecule has 0 bridgehead atoms. The first-order valence-electron chi connectivity index (χ1n) is 15.0. The number of allylic oxidation sites excluding steroid dienone is 9. The Morgan fingerprint density at radius 3 is 2.56 bits per heavy atom. The highest BCUT2D eigenvalue weighted by Gasteiger charge is 2.21. The molecule has 0 fully saturated rings. The molecule has 3 atom stereocenters. The molecule has 0 saturated carbocycles. The van der Waals surface area contributed by atoms with Gasteiger partial charge in [-0.15, -0.1) is 0 Å². The van der Waals surface area contributed by atoms with Crippen molar-refractivity contribution >= 4 is 49.4 Å². The molecule has 1 N–H and O–H groups in total. The van der Waals surface area contributed by atoms with Crippen molar-refractivity contribution in [3.05, 3.63) is 127 Å². The molecular weight excluding hydrogens is 500 g/mol. The fourth-order valence-corrected chi connectivity index (χ4v) is 7.04. The van der Waals surface area contributed by atoms with E-state index in [-0.39, 0.29) is 0 Å². The van der Waals surface area contributed by atoms with Crippen LogP contribution in [-0.4, -0.2) is 17.7 Å². The number of rotatable bonds is 6. The molecule has 3 heteroatoms. The minimum Gasteiger partial charge on any atom is -0.456 e. The standard InChI is InChI=1S/C38H34N2O/c1-2-12-28(13-3-1)29-14-8-10-26(20-29)24-39-25-27-11-9-15-30(21-27)40-35-18-6-4-16-31(35)33-22-34-32-17-5-7-19-37(32)41-38(34)23-36(33)40/h1-12,15-20,22-23,27-29,39H,13-14,21,24-25H2. The fourth-order valence-electron chi connectivity index (χ4n) is 7.04. The molecule has 0 aliphatic heterocycles. The first-order chi connectivity index (χ1) is 20.3. The fraction of sp³-hybridized carbons (Fsp3) is 0.211. The van der Waals surface area contributed by atoms with E-state index in [1.165, 1.54) is 43.8 Å². The zero-order valence-electron chi connectivity index (χ0n) is 23.2. The van der Waals surface area contributed by atoms with Gasteiger partial charge >= 0.3 is 0 Å². The van der Waals surface area contributed by atoms with E-state index in [0.717, 1.165) is 43.5 Å². The third-order valence-corrected chi connectivity index (χ3v) is 9.07. The average molecular weight is 535 g/mol. The van der Waals surface area contributed by atoms with Crippen LogP contribution in [-0.2, 0) is 0 Å². The average Bonchev–Trinajstić information content (AvgIpc) is 3.55. The molecule has 0 spiro atoms. The summed E-state index contributed by atoms with van der Waals surface area (Å²) in [4.78, 5) is 0. The van der Waals surface area contributed by atoms with Crippen LogP contribution in [0.4, 0.5) is 0 Å². The van der Waals surface area contributed by atoms with Gasteiger partial charge in [0, 0.05) is 46.4 Å². The summed E-state index contributed by atoms with van der Waals surface area (Å²) in [6.07, 6.45) is 26.4. The lowest BCUT2D eigenvalue weighted by Crippen LogP contribution is -2.26. The monoisotopic (exact) mass is 534 g/mol. The second-order valence-corrected chi connectivity index (χ2v) is 11.7. The second-order valence-electron chi connectivity index (χ2n) is 11.7. The molecule has 2 heterocycles. The molecule has 5 aromatic rings. The molecule has 3 aliphatic carbocycles. The Hall–Kier alpha value is -4.34. The van der Waals surface area contributed by atoms with E-state index in [9.17, 15) is 0 Å². The van der Waals surface area contributed by atoms with E-state index in [1.807, 2.05) is 6.07 Å². The largest absolute Gasteiger partial charge is 0.456 e. The first-order valence-corrected chi connectivity index (χ1v) is 15.0. The number of hydrogen-bond donors (Lipinski definition) is 1. The second kappa shape index (κ2) is 10.2. The van der Waals surface area contributed by atoms with Gasteiger partial charge in [0.15, 0.2) is 0 Å². The topological polar surface area (TPSA) is 30.1 Å². The summed E-state index contributed by atoms with van der Waals surface area (Å²) < 4.78 is 8.76. The van der Waals surface area contributed by atoms with Crippen molar-refractivity contribution in [2.24, 2.45) is 17.8 Å². The minimum atomic E-state index is 0.441. The van der Waals surface area contributed by atoms with Crippen LogP contribution in [0.25, 0.3) is 49.4 Å². The Labute approximate surface area is 240 Å². The van der Waals surface area contributed by atoms with Gasteiger partial charge in [0.2, 0.25) is 0 Å². The molecule has 3 aromatic carbocycles. The molecule has 3 nitrogen and oxygen atoms in total. The maximum absolute atomic E-state index is 6.30. The number of furan rings is 1. The molecule has 41 heavy (non-hydrogen) atoms. The smallest absolute Gasteiger partial charge is 0.137 e. The predicted molar refractivity (Wildman–Crippen MR) is 173 cm³/mol. The minimum absolute atomic E-state index is 0.441. The Balaban J connectivity index is 1.05. The number of fused-ring (bicyclic) bond motifs is 6. The summed E-state index contributed by atoms with van der Waals surface area (Å²) in [5.41, 5.74) is 7.09. The SMILES string of the molecule is C1=CCC(C2C=C(CNCC3C=CC=C(n4c5ccccc5c5cc6c(cc54)oc4ccccc46)C3)C=CC2)C=C1. The van der Waals surface area contributed by atoms with Gasteiger partial charge in [0.25, 0.3) is 0 Å². The van der Waals surface area contributed by atoms with Crippen LogP contribution in [0.3, 0.4) is 0 Å². The van der Waals surface area contributed by atoms with Crippen LogP contribution in [0.5, 0.6) is 0 Å². The number of benzene rings is 3. The highest BCUT2D eigenvalue weighted by Crippen LogP contribution is 2.39. The number of nitrogens with one attached hydrogen (secondary N) is 1. The third kappa shape index (κ3) is 4.42. The lowest BCUT2D eigenvalue weighted by molar-refractivity contribution is 0.473. The Morgan fingerprint density at radius 1 is 0.756 bits per heavy atom. The summed E-state index contributed by atoms with van der Waals surface area (Å²) in [7, 11) is 0. The Morgan fingerprint density at radius 2 is 1.63 bits per heavy atom. The van der Waals surface area contributed by atoms with E-state index < -0.39 is 0 Å². The first kappa shape index (κ1) is 24.5. The zero-order chi connectivity index (χ0) is 27.2. The van der Waals surface area contributed by atoms with E-state index in [4.69, 9.17) is 4.42 Å².